The molecular formula is C23H32FNO5. The lowest BCUT2D eigenvalue weighted by Gasteiger charge is -2.30. The summed E-state index contributed by atoms with van der Waals surface area (Å²) in [5, 5.41) is 2.63. The topological polar surface area (TPSA) is 81.7 Å². The van der Waals surface area contributed by atoms with Gasteiger partial charge in [0, 0.05) is 12.3 Å². The van der Waals surface area contributed by atoms with Crippen LogP contribution in [0.15, 0.2) is 30.3 Å². The molecule has 1 N–H and O–H groups in total. The molecule has 166 valence electrons. The molecule has 1 aliphatic rings. The van der Waals surface area contributed by atoms with Crippen LogP contribution >= 0.6 is 0 Å². The molecule has 1 aromatic carbocycles. The Morgan fingerprint density at radius 2 is 1.93 bits per heavy atom. The lowest BCUT2D eigenvalue weighted by molar-refractivity contribution is -0.121. The first-order valence-corrected chi connectivity index (χ1v) is 10.5. The molecule has 2 rings (SSSR count). The summed E-state index contributed by atoms with van der Waals surface area (Å²) in [4.78, 5) is 36.2. The second-order valence-electron chi connectivity index (χ2n) is 8.13. The van der Waals surface area contributed by atoms with E-state index in [2.05, 4.69) is 5.32 Å². The highest BCUT2D eigenvalue weighted by atomic mass is 19.1. The fourth-order valence-corrected chi connectivity index (χ4v) is 3.63. The number of halogens is 1. The minimum absolute atomic E-state index is 0.0564. The third kappa shape index (κ3) is 6.36. The van der Waals surface area contributed by atoms with Gasteiger partial charge in [0.2, 0.25) is 0 Å². The minimum Gasteiger partial charge on any atom is -0.445 e. The predicted molar refractivity (Wildman–Crippen MR) is 111 cm³/mol. The van der Waals surface area contributed by atoms with Gasteiger partial charge in [0.15, 0.2) is 11.6 Å². The standard InChI is InChI=1S/C23H32FNO5/c1-5-19(26)18(25-23(28)30-12-17-9-7-6-8-10-17)11-14(2)15(3)21(24)22-16(4)20(27)13-29-22/h6-10,14-16,18,21-22H,5,11-13H2,1-4H3,(H,25,28)/t14?,15?,16-,18+,21+,22+/m1/s1. The Bertz CT molecular complexity index is 726. The highest BCUT2D eigenvalue weighted by Gasteiger charge is 2.42. The third-order valence-electron chi connectivity index (χ3n) is 5.98. The monoisotopic (exact) mass is 421 g/mol. The molecule has 0 bridgehead atoms. The number of ketones is 2. The van der Waals surface area contributed by atoms with Gasteiger partial charge in [-0.05, 0) is 23.8 Å². The summed E-state index contributed by atoms with van der Waals surface area (Å²) in [6.07, 6.45) is -2.24. The average molecular weight is 422 g/mol. The quantitative estimate of drug-likeness (QED) is 0.620. The smallest absolute Gasteiger partial charge is 0.408 e. The minimum atomic E-state index is -1.33. The Morgan fingerprint density at radius 1 is 1.27 bits per heavy atom. The van der Waals surface area contributed by atoms with E-state index >= 15 is 4.39 Å². The van der Waals surface area contributed by atoms with Gasteiger partial charge in [0.05, 0.1) is 12.1 Å². The van der Waals surface area contributed by atoms with Gasteiger partial charge in [0.25, 0.3) is 0 Å². The SMILES string of the molecule is CCC(=O)[C@H](CC(C)C(C)[C@H](F)[C@H]1OCC(=O)[C@H]1C)NC(=O)OCc1ccccc1. The fraction of sp³-hybridized carbons (Fsp3) is 0.609. The van der Waals surface area contributed by atoms with Crippen LogP contribution < -0.4 is 5.32 Å². The largest absolute Gasteiger partial charge is 0.445 e. The molecule has 30 heavy (non-hydrogen) atoms. The van der Waals surface area contributed by atoms with Crippen LogP contribution in [-0.2, 0) is 25.7 Å². The second kappa shape index (κ2) is 11.2. The Morgan fingerprint density at radius 3 is 2.50 bits per heavy atom. The zero-order valence-corrected chi connectivity index (χ0v) is 18.1. The Kier molecular flexibility index (Phi) is 8.96. The van der Waals surface area contributed by atoms with Crippen molar-refractivity contribution in [3.8, 4) is 0 Å². The van der Waals surface area contributed by atoms with E-state index in [1.165, 1.54) is 0 Å². The summed E-state index contributed by atoms with van der Waals surface area (Å²) >= 11 is 0. The number of nitrogens with one attached hydrogen (secondary N) is 1. The highest BCUT2D eigenvalue weighted by molar-refractivity contribution is 5.87. The van der Waals surface area contributed by atoms with E-state index in [4.69, 9.17) is 9.47 Å². The number of Topliss-reactive ketones (excluding diaryl/α,β-unsaturated/α-hetero) is 2. The molecule has 1 saturated heterocycles. The number of rotatable bonds is 10. The molecule has 0 radical (unpaired) electrons. The van der Waals surface area contributed by atoms with Crippen LogP contribution in [0.4, 0.5) is 9.18 Å². The van der Waals surface area contributed by atoms with Crippen molar-refractivity contribution in [2.75, 3.05) is 6.61 Å². The van der Waals surface area contributed by atoms with Crippen LogP contribution in [0.25, 0.3) is 0 Å². The maximum atomic E-state index is 15.0. The van der Waals surface area contributed by atoms with E-state index in [0.717, 1.165) is 5.56 Å². The first kappa shape index (κ1) is 24.0. The van der Waals surface area contributed by atoms with Gasteiger partial charge >= 0.3 is 6.09 Å². The summed E-state index contributed by atoms with van der Waals surface area (Å²) in [5.74, 6) is -1.38. The molecule has 1 aliphatic heterocycles. The van der Waals surface area contributed by atoms with E-state index in [1.807, 2.05) is 37.3 Å². The Balaban J connectivity index is 1.93. The van der Waals surface area contributed by atoms with Crippen molar-refractivity contribution in [1.82, 2.24) is 5.32 Å². The number of benzene rings is 1. The van der Waals surface area contributed by atoms with Gasteiger partial charge in [-0.3, -0.25) is 9.59 Å². The van der Waals surface area contributed by atoms with Gasteiger partial charge in [-0.2, -0.15) is 0 Å². The summed E-state index contributed by atoms with van der Waals surface area (Å²) in [5.41, 5.74) is 0.841. The molecule has 0 aromatic heterocycles. The molecule has 0 saturated carbocycles. The van der Waals surface area contributed by atoms with Crippen molar-refractivity contribution >= 4 is 17.7 Å². The van der Waals surface area contributed by atoms with Gasteiger partial charge in [0.1, 0.15) is 19.4 Å². The number of alkyl carbamates (subject to hydrolysis) is 1. The van der Waals surface area contributed by atoms with E-state index in [1.54, 1.807) is 20.8 Å². The molecule has 0 spiro atoms. The maximum absolute atomic E-state index is 15.0. The zero-order valence-electron chi connectivity index (χ0n) is 18.1. The van der Waals surface area contributed by atoms with Crippen molar-refractivity contribution in [2.45, 2.75) is 65.5 Å². The molecule has 7 heteroatoms. The fourth-order valence-electron chi connectivity index (χ4n) is 3.63. The van der Waals surface area contributed by atoms with E-state index in [0.29, 0.717) is 0 Å². The molecule has 2 unspecified atom stereocenters. The number of ether oxygens (including phenoxy) is 2. The number of carbonyl (C=O) groups excluding carboxylic acids is 3. The number of amides is 1. The Hall–Kier alpha value is -2.28. The predicted octanol–water partition coefficient (Wildman–Crippen LogP) is 3.86. The average Bonchev–Trinajstić information content (AvgIpc) is 3.09. The molecule has 1 aromatic rings. The van der Waals surface area contributed by atoms with Crippen LogP contribution in [0.2, 0.25) is 0 Å². The summed E-state index contributed by atoms with van der Waals surface area (Å²) in [7, 11) is 0. The Labute approximate surface area is 177 Å². The maximum Gasteiger partial charge on any atom is 0.408 e. The molecule has 0 aliphatic carbocycles. The van der Waals surface area contributed by atoms with Crippen molar-refractivity contribution in [1.29, 1.82) is 0 Å². The first-order chi connectivity index (χ1) is 14.2. The van der Waals surface area contributed by atoms with Crippen LogP contribution in [0.5, 0.6) is 0 Å². The lowest BCUT2D eigenvalue weighted by Crippen LogP contribution is -2.44. The lowest BCUT2D eigenvalue weighted by atomic mass is 9.81. The van der Waals surface area contributed by atoms with Crippen LogP contribution in [0, 0.1) is 17.8 Å². The van der Waals surface area contributed by atoms with Gasteiger partial charge in [-0.15, -0.1) is 0 Å². The first-order valence-electron chi connectivity index (χ1n) is 10.5. The van der Waals surface area contributed by atoms with Crippen molar-refractivity contribution in [3.63, 3.8) is 0 Å². The number of alkyl halides is 1. The van der Waals surface area contributed by atoms with E-state index in [9.17, 15) is 14.4 Å². The molecule has 1 heterocycles. The molecular weight excluding hydrogens is 389 g/mol. The normalized spacial score (nSPS) is 22.8. The zero-order chi connectivity index (χ0) is 22.3. The third-order valence-corrected chi connectivity index (χ3v) is 5.98. The van der Waals surface area contributed by atoms with Crippen molar-refractivity contribution in [2.24, 2.45) is 17.8 Å². The number of carbonyl (C=O) groups is 3. The number of hydrogen-bond acceptors (Lipinski definition) is 5. The number of hydrogen-bond donors (Lipinski definition) is 1. The van der Waals surface area contributed by atoms with Gasteiger partial charge in [-0.25, -0.2) is 9.18 Å². The molecule has 6 nitrogen and oxygen atoms in total. The summed E-state index contributed by atoms with van der Waals surface area (Å²) in [6, 6.07) is 8.48. The van der Waals surface area contributed by atoms with Gasteiger partial charge < -0.3 is 14.8 Å². The molecule has 6 atom stereocenters. The van der Waals surface area contributed by atoms with E-state index in [-0.39, 0.29) is 43.5 Å². The van der Waals surface area contributed by atoms with Crippen LogP contribution in [-0.4, -0.2) is 42.6 Å². The van der Waals surface area contributed by atoms with Crippen molar-refractivity contribution < 1.29 is 28.2 Å². The summed E-state index contributed by atoms with van der Waals surface area (Å²) < 4.78 is 25.6. The van der Waals surface area contributed by atoms with Gasteiger partial charge in [-0.1, -0.05) is 58.0 Å². The molecule has 1 fully saturated rings. The highest BCUT2D eigenvalue weighted by Crippen LogP contribution is 2.31. The van der Waals surface area contributed by atoms with E-state index < -0.39 is 36.2 Å². The second-order valence-corrected chi connectivity index (χ2v) is 8.13. The van der Waals surface area contributed by atoms with Crippen LogP contribution in [0.3, 0.4) is 0 Å². The molecule has 1 amide bonds. The van der Waals surface area contributed by atoms with Crippen molar-refractivity contribution in [3.05, 3.63) is 35.9 Å². The van der Waals surface area contributed by atoms with Crippen LogP contribution in [0.1, 0.15) is 46.1 Å². The summed E-state index contributed by atoms with van der Waals surface area (Å²) in [6.45, 7) is 7.03.